The van der Waals surface area contributed by atoms with Crippen LogP contribution in [0.25, 0.3) is 0 Å². The van der Waals surface area contributed by atoms with Gasteiger partial charge in [-0.2, -0.15) is 0 Å². The molecule has 0 spiro atoms. The largest absolute Gasteiger partial charge is 0.312 e. The summed E-state index contributed by atoms with van der Waals surface area (Å²) in [7, 11) is 0. The fraction of sp³-hybridized carbons (Fsp3) is 0.500. The summed E-state index contributed by atoms with van der Waals surface area (Å²) in [6.07, 6.45) is 0.643. The van der Waals surface area contributed by atoms with E-state index in [-0.39, 0.29) is 5.91 Å². The van der Waals surface area contributed by atoms with Crippen molar-refractivity contribution in [1.29, 1.82) is 0 Å². The highest BCUT2D eigenvalue weighted by atomic mass is 16.2. The van der Waals surface area contributed by atoms with E-state index in [1.165, 1.54) is 5.56 Å². The summed E-state index contributed by atoms with van der Waals surface area (Å²) in [5.41, 5.74) is 2.42. The zero-order valence-electron chi connectivity index (χ0n) is 10.2. The molecule has 1 atom stereocenters. The summed E-state index contributed by atoms with van der Waals surface area (Å²) in [5, 5.41) is 0. The van der Waals surface area contributed by atoms with Crippen LogP contribution >= 0.6 is 0 Å². The number of fused-ring (bicyclic) bond motifs is 1. The van der Waals surface area contributed by atoms with Crippen LogP contribution in [0.3, 0.4) is 0 Å². The molecule has 1 aromatic rings. The summed E-state index contributed by atoms with van der Waals surface area (Å²) in [4.78, 5) is 14.0. The van der Waals surface area contributed by atoms with Crippen molar-refractivity contribution in [2.75, 3.05) is 11.4 Å². The molecule has 1 aromatic carbocycles. The SMILES string of the molecule is CC(C)CN1C(=O)CC(C)c2ccccc21. The lowest BCUT2D eigenvalue weighted by atomic mass is 9.90. The van der Waals surface area contributed by atoms with Gasteiger partial charge in [-0.15, -0.1) is 0 Å². The zero-order valence-corrected chi connectivity index (χ0v) is 10.2. The van der Waals surface area contributed by atoms with Crippen molar-refractivity contribution in [3.63, 3.8) is 0 Å². The Bertz CT molecular complexity index is 397. The molecule has 2 rings (SSSR count). The quantitative estimate of drug-likeness (QED) is 0.745. The van der Waals surface area contributed by atoms with Crippen molar-refractivity contribution in [1.82, 2.24) is 0 Å². The highest BCUT2D eigenvalue weighted by molar-refractivity contribution is 5.97. The molecule has 0 aliphatic carbocycles. The monoisotopic (exact) mass is 217 g/mol. The number of rotatable bonds is 2. The van der Waals surface area contributed by atoms with Crippen molar-refractivity contribution in [2.24, 2.45) is 5.92 Å². The minimum Gasteiger partial charge on any atom is -0.312 e. The number of nitrogens with zero attached hydrogens (tertiary/aromatic N) is 1. The van der Waals surface area contributed by atoms with Gasteiger partial charge in [0.2, 0.25) is 5.91 Å². The first kappa shape index (κ1) is 11.2. The van der Waals surface area contributed by atoms with Gasteiger partial charge in [-0.1, -0.05) is 39.0 Å². The maximum atomic E-state index is 12.0. The number of hydrogen-bond donors (Lipinski definition) is 0. The fourth-order valence-electron chi connectivity index (χ4n) is 2.33. The van der Waals surface area contributed by atoms with E-state index >= 15 is 0 Å². The summed E-state index contributed by atoms with van der Waals surface area (Å²) >= 11 is 0. The van der Waals surface area contributed by atoms with Crippen LogP contribution in [-0.2, 0) is 4.79 Å². The summed E-state index contributed by atoms with van der Waals surface area (Å²) < 4.78 is 0. The van der Waals surface area contributed by atoms with Gasteiger partial charge < -0.3 is 4.90 Å². The molecule has 2 heteroatoms. The van der Waals surface area contributed by atoms with E-state index in [0.29, 0.717) is 18.3 Å². The standard InChI is InChI=1S/C14H19NO/c1-10(2)9-15-13-7-5-4-6-12(13)11(3)8-14(15)16/h4-7,10-11H,8-9H2,1-3H3. The minimum absolute atomic E-state index is 0.264. The summed E-state index contributed by atoms with van der Waals surface area (Å²) in [5.74, 6) is 1.12. The number of para-hydroxylation sites is 1. The first-order valence-corrected chi connectivity index (χ1v) is 5.99. The van der Waals surface area contributed by atoms with Crippen molar-refractivity contribution in [3.8, 4) is 0 Å². The van der Waals surface area contributed by atoms with E-state index in [4.69, 9.17) is 0 Å². The maximum absolute atomic E-state index is 12.0. The number of benzene rings is 1. The maximum Gasteiger partial charge on any atom is 0.227 e. The van der Waals surface area contributed by atoms with E-state index in [9.17, 15) is 4.79 Å². The molecule has 0 saturated carbocycles. The number of hydrogen-bond acceptors (Lipinski definition) is 1. The predicted molar refractivity (Wildman–Crippen MR) is 66.7 cm³/mol. The highest BCUT2D eigenvalue weighted by Crippen LogP contribution is 2.35. The number of carbonyl (C=O) groups is 1. The smallest absolute Gasteiger partial charge is 0.227 e. The third-order valence-electron chi connectivity index (χ3n) is 3.09. The van der Waals surface area contributed by atoms with Gasteiger partial charge in [0, 0.05) is 18.7 Å². The average molecular weight is 217 g/mol. The summed E-state index contributed by atoms with van der Waals surface area (Å²) in [6, 6.07) is 8.27. The molecular weight excluding hydrogens is 198 g/mol. The first-order chi connectivity index (χ1) is 7.59. The van der Waals surface area contributed by atoms with Crippen LogP contribution in [0.2, 0.25) is 0 Å². The second kappa shape index (κ2) is 4.28. The van der Waals surface area contributed by atoms with Crippen LogP contribution in [0.1, 0.15) is 38.7 Å². The van der Waals surface area contributed by atoms with Crippen molar-refractivity contribution < 1.29 is 4.79 Å². The number of amides is 1. The second-order valence-corrected chi connectivity index (χ2v) is 5.06. The molecule has 0 saturated heterocycles. The van der Waals surface area contributed by atoms with E-state index in [1.807, 2.05) is 11.0 Å². The molecule has 86 valence electrons. The molecule has 16 heavy (non-hydrogen) atoms. The van der Waals surface area contributed by atoms with Crippen LogP contribution in [0, 0.1) is 5.92 Å². The van der Waals surface area contributed by atoms with E-state index in [1.54, 1.807) is 0 Å². The van der Waals surface area contributed by atoms with Crippen molar-refractivity contribution >= 4 is 11.6 Å². The van der Waals surface area contributed by atoms with Gasteiger partial charge >= 0.3 is 0 Å². The molecule has 0 N–H and O–H groups in total. The van der Waals surface area contributed by atoms with Crippen LogP contribution in [0.5, 0.6) is 0 Å². The third-order valence-corrected chi connectivity index (χ3v) is 3.09. The predicted octanol–water partition coefficient (Wildman–Crippen LogP) is 3.18. The molecule has 1 amide bonds. The lowest BCUT2D eigenvalue weighted by Crippen LogP contribution is -2.38. The Kier molecular flexibility index (Phi) is 2.99. The van der Waals surface area contributed by atoms with Gasteiger partial charge in [0.15, 0.2) is 0 Å². The van der Waals surface area contributed by atoms with Crippen LogP contribution in [0.4, 0.5) is 5.69 Å². The molecule has 0 radical (unpaired) electrons. The first-order valence-electron chi connectivity index (χ1n) is 5.99. The average Bonchev–Trinajstić information content (AvgIpc) is 2.24. The van der Waals surface area contributed by atoms with Gasteiger partial charge in [0.1, 0.15) is 0 Å². The van der Waals surface area contributed by atoms with Gasteiger partial charge in [-0.3, -0.25) is 4.79 Å². The molecule has 1 heterocycles. The van der Waals surface area contributed by atoms with Crippen LogP contribution in [0.15, 0.2) is 24.3 Å². The number of anilines is 1. The van der Waals surface area contributed by atoms with Gasteiger partial charge in [-0.25, -0.2) is 0 Å². The van der Waals surface area contributed by atoms with Gasteiger partial charge in [0.25, 0.3) is 0 Å². The molecule has 1 unspecified atom stereocenters. The van der Waals surface area contributed by atoms with E-state index < -0.39 is 0 Å². The molecular formula is C14H19NO. The summed E-state index contributed by atoms with van der Waals surface area (Å²) in [6.45, 7) is 7.24. The third kappa shape index (κ3) is 1.97. The zero-order chi connectivity index (χ0) is 11.7. The van der Waals surface area contributed by atoms with E-state index in [2.05, 4.69) is 39.0 Å². The molecule has 2 nitrogen and oxygen atoms in total. The van der Waals surface area contributed by atoms with Gasteiger partial charge in [-0.05, 0) is 23.5 Å². The lowest BCUT2D eigenvalue weighted by Gasteiger charge is -2.33. The minimum atomic E-state index is 0.264. The van der Waals surface area contributed by atoms with Crippen LogP contribution < -0.4 is 4.90 Å². The Labute approximate surface area is 97.3 Å². The Morgan fingerprint density at radius 1 is 1.38 bits per heavy atom. The van der Waals surface area contributed by atoms with E-state index in [0.717, 1.165) is 12.2 Å². The lowest BCUT2D eigenvalue weighted by molar-refractivity contribution is -0.119. The topological polar surface area (TPSA) is 20.3 Å². The Morgan fingerprint density at radius 3 is 2.75 bits per heavy atom. The van der Waals surface area contributed by atoms with Crippen molar-refractivity contribution in [3.05, 3.63) is 29.8 Å². The second-order valence-electron chi connectivity index (χ2n) is 5.06. The van der Waals surface area contributed by atoms with Crippen LogP contribution in [-0.4, -0.2) is 12.5 Å². The molecule has 0 aromatic heterocycles. The molecule has 0 bridgehead atoms. The van der Waals surface area contributed by atoms with Crippen molar-refractivity contribution in [2.45, 2.75) is 33.1 Å². The Morgan fingerprint density at radius 2 is 2.06 bits per heavy atom. The number of carbonyl (C=O) groups excluding carboxylic acids is 1. The highest BCUT2D eigenvalue weighted by Gasteiger charge is 2.28. The van der Waals surface area contributed by atoms with Gasteiger partial charge in [0.05, 0.1) is 0 Å². The Balaban J connectivity index is 2.39. The Hall–Kier alpha value is -1.31. The molecule has 0 fully saturated rings. The molecule has 1 aliphatic heterocycles. The molecule has 1 aliphatic rings. The fourth-order valence-corrected chi connectivity index (χ4v) is 2.33. The normalized spacial score (nSPS) is 20.1.